The maximum atomic E-state index is 10.0. The lowest BCUT2D eigenvalue weighted by molar-refractivity contribution is -0.144. The second-order valence-electron chi connectivity index (χ2n) is 1.64. The lowest BCUT2D eigenvalue weighted by Crippen LogP contribution is -2.20. The first kappa shape index (κ1) is 8.39. The SMILES string of the molecule is CC(=O)OCC(O)CO. The topological polar surface area (TPSA) is 66.8 Å². The fourth-order valence-electron chi connectivity index (χ4n) is 0.266. The molecular weight excluding hydrogens is 124 g/mol. The third kappa shape index (κ3) is 5.26. The second-order valence-corrected chi connectivity index (χ2v) is 1.64. The third-order valence-electron chi connectivity index (χ3n) is 0.690. The molecule has 0 aromatic heterocycles. The van der Waals surface area contributed by atoms with E-state index in [2.05, 4.69) is 4.74 Å². The molecule has 1 atom stereocenters. The van der Waals surface area contributed by atoms with Crippen LogP contribution in [0.15, 0.2) is 0 Å². The third-order valence-corrected chi connectivity index (χ3v) is 0.690. The maximum Gasteiger partial charge on any atom is 0.302 e. The number of carbonyl (C=O) groups excluding carboxylic acids is 1. The zero-order valence-corrected chi connectivity index (χ0v) is 5.20. The number of ether oxygens (including phenoxy) is 1. The Morgan fingerprint density at radius 2 is 2.33 bits per heavy atom. The van der Waals surface area contributed by atoms with Gasteiger partial charge in [-0.1, -0.05) is 0 Å². The van der Waals surface area contributed by atoms with Gasteiger partial charge >= 0.3 is 5.97 Å². The molecule has 1 unspecified atom stereocenters. The van der Waals surface area contributed by atoms with Crippen LogP contribution in [0.3, 0.4) is 0 Å². The summed E-state index contributed by atoms with van der Waals surface area (Å²) in [4.78, 5) is 10.0. The van der Waals surface area contributed by atoms with Crippen LogP contribution in [0.5, 0.6) is 0 Å². The molecule has 54 valence electrons. The summed E-state index contributed by atoms with van der Waals surface area (Å²) in [6.45, 7) is 0.725. The number of rotatable bonds is 3. The first-order valence-electron chi connectivity index (χ1n) is 2.59. The van der Waals surface area contributed by atoms with Crippen molar-refractivity contribution in [1.82, 2.24) is 0 Å². The summed E-state index contributed by atoms with van der Waals surface area (Å²) in [5.41, 5.74) is 0. The van der Waals surface area contributed by atoms with Crippen molar-refractivity contribution in [2.75, 3.05) is 13.2 Å². The molecule has 0 bridgehead atoms. The van der Waals surface area contributed by atoms with Crippen LogP contribution in [0.1, 0.15) is 6.92 Å². The van der Waals surface area contributed by atoms with Crippen LogP contribution in [0.25, 0.3) is 0 Å². The van der Waals surface area contributed by atoms with Gasteiger partial charge in [0, 0.05) is 6.92 Å². The van der Waals surface area contributed by atoms with E-state index in [-0.39, 0.29) is 13.2 Å². The van der Waals surface area contributed by atoms with Gasteiger partial charge in [0.2, 0.25) is 0 Å². The molecule has 0 fully saturated rings. The monoisotopic (exact) mass is 134 g/mol. The summed E-state index contributed by atoms with van der Waals surface area (Å²) in [7, 11) is 0. The normalized spacial score (nSPS) is 12.8. The second kappa shape index (κ2) is 4.29. The van der Waals surface area contributed by atoms with Gasteiger partial charge in [-0.15, -0.1) is 0 Å². The summed E-state index contributed by atoms with van der Waals surface area (Å²) >= 11 is 0. The molecule has 0 aromatic rings. The van der Waals surface area contributed by atoms with E-state index >= 15 is 0 Å². The van der Waals surface area contributed by atoms with Crippen molar-refractivity contribution in [1.29, 1.82) is 0 Å². The number of hydrogen-bond acceptors (Lipinski definition) is 4. The standard InChI is InChI=1S/C5H10O4/c1-4(7)9-3-5(8)2-6/h5-6,8H,2-3H2,1H3. The van der Waals surface area contributed by atoms with Gasteiger partial charge in [0.1, 0.15) is 12.7 Å². The Hall–Kier alpha value is -0.610. The van der Waals surface area contributed by atoms with E-state index in [0.717, 1.165) is 0 Å². The van der Waals surface area contributed by atoms with Crippen LogP contribution in [0.4, 0.5) is 0 Å². The number of carbonyl (C=O) groups is 1. The zero-order chi connectivity index (χ0) is 7.28. The summed E-state index contributed by atoms with van der Waals surface area (Å²) < 4.78 is 4.35. The first-order valence-corrected chi connectivity index (χ1v) is 2.59. The molecule has 2 N–H and O–H groups in total. The van der Waals surface area contributed by atoms with Crippen LogP contribution in [0.2, 0.25) is 0 Å². The average Bonchev–Trinajstić information content (AvgIpc) is 1.83. The van der Waals surface area contributed by atoms with Gasteiger partial charge < -0.3 is 14.9 Å². The van der Waals surface area contributed by atoms with Crippen LogP contribution in [-0.2, 0) is 9.53 Å². The zero-order valence-electron chi connectivity index (χ0n) is 5.20. The average molecular weight is 134 g/mol. The van der Waals surface area contributed by atoms with Crippen molar-refractivity contribution < 1.29 is 19.7 Å². The van der Waals surface area contributed by atoms with Crippen LogP contribution in [-0.4, -0.2) is 35.5 Å². The van der Waals surface area contributed by atoms with Crippen molar-refractivity contribution in [3.63, 3.8) is 0 Å². The molecule has 0 radical (unpaired) electrons. The Kier molecular flexibility index (Phi) is 4.00. The van der Waals surface area contributed by atoms with Gasteiger partial charge in [0.25, 0.3) is 0 Å². The molecule has 0 spiro atoms. The summed E-state index contributed by atoms with van der Waals surface area (Å²) in [6, 6.07) is 0. The molecule has 4 nitrogen and oxygen atoms in total. The quantitative estimate of drug-likeness (QED) is 0.481. The van der Waals surface area contributed by atoms with Crippen molar-refractivity contribution in [2.45, 2.75) is 13.0 Å². The van der Waals surface area contributed by atoms with Gasteiger partial charge in [-0.25, -0.2) is 0 Å². The molecular formula is C5H10O4. The largest absolute Gasteiger partial charge is 0.463 e. The van der Waals surface area contributed by atoms with Crippen LogP contribution in [0, 0.1) is 0 Å². The number of aliphatic hydroxyl groups is 2. The summed E-state index contributed by atoms with van der Waals surface area (Å²) in [5.74, 6) is -0.456. The van der Waals surface area contributed by atoms with E-state index in [4.69, 9.17) is 10.2 Å². The minimum absolute atomic E-state index is 0.133. The Morgan fingerprint density at radius 1 is 1.78 bits per heavy atom. The van der Waals surface area contributed by atoms with E-state index in [1.54, 1.807) is 0 Å². The van der Waals surface area contributed by atoms with E-state index in [0.29, 0.717) is 0 Å². The van der Waals surface area contributed by atoms with Crippen molar-refractivity contribution >= 4 is 5.97 Å². The highest BCUT2D eigenvalue weighted by molar-refractivity contribution is 5.65. The van der Waals surface area contributed by atoms with Crippen molar-refractivity contribution in [3.8, 4) is 0 Å². The van der Waals surface area contributed by atoms with E-state index < -0.39 is 12.1 Å². The van der Waals surface area contributed by atoms with E-state index in [9.17, 15) is 4.79 Å². The fraction of sp³-hybridized carbons (Fsp3) is 0.800. The summed E-state index contributed by atoms with van der Waals surface area (Å²) in [5, 5.41) is 16.8. The van der Waals surface area contributed by atoms with Gasteiger partial charge in [-0.05, 0) is 0 Å². The molecule has 0 aromatic carbocycles. The lowest BCUT2D eigenvalue weighted by atomic mass is 10.4. The molecule has 0 rings (SSSR count). The molecule has 0 saturated carbocycles. The minimum atomic E-state index is -0.950. The molecule has 9 heavy (non-hydrogen) atoms. The van der Waals surface area contributed by atoms with Crippen LogP contribution >= 0.6 is 0 Å². The Morgan fingerprint density at radius 3 is 2.67 bits per heavy atom. The van der Waals surface area contributed by atoms with Gasteiger partial charge in [-0.2, -0.15) is 0 Å². The first-order chi connectivity index (χ1) is 4.16. The van der Waals surface area contributed by atoms with Gasteiger partial charge in [-0.3, -0.25) is 4.79 Å². The lowest BCUT2D eigenvalue weighted by Gasteiger charge is -2.05. The fourth-order valence-corrected chi connectivity index (χ4v) is 0.266. The molecule has 4 heteroatoms. The van der Waals surface area contributed by atoms with E-state index in [1.165, 1.54) is 6.92 Å². The summed E-state index contributed by atoms with van der Waals surface area (Å²) in [6.07, 6.45) is -0.950. The molecule has 0 heterocycles. The van der Waals surface area contributed by atoms with Crippen molar-refractivity contribution in [3.05, 3.63) is 0 Å². The Labute approximate surface area is 53.1 Å². The smallest absolute Gasteiger partial charge is 0.302 e. The Bertz CT molecular complexity index is 91.0. The number of aliphatic hydroxyl groups excluding tert-OH is 2. The number of hydrogen-bond donors (Lipinski definition) is 2. The van der Waals surface area contributed by atoms with Crippen molar-refractivity contribution in [2.24, 2.45) is 0 Å². The molecule has 0 aliphatic rings. The molecule has 0 aliphatic carbocycles. The highest BCUT2D eigenvalue weighted by Gasteiger charge is 2.02. The molecule has 0 aliphatic heterocycles. The molecule has 0 amide bonds. The van der Waals surface area contributed by atoms with Gasteiger partial charge in [0.15, 0.2) is 0 Å². The predicted octanol–water partition coefficient (Wildman–Crippen LogP) is -1.10. The van der Waals surface area contributed by atoms with Crippen LogP contribution < -0.4 is 0 Å². The number of esters is 1. The molecule has 0 saturated heterocycles. The van der Waals surface area contributed by atoms with E-state index in [1.807, 2.05) is 0 Å². The minimum Gasteiger partial charge on any atom is -0.463 e. The maximum absolute atomic E-state index is 10.0. The predicted molar refractivity (Wildman–Crippen MR) is 29.7 cm³/mol. The highest BCUT2D eigenvalue weighted by Crippen LogP contribution is 1.82. The Balaban J connectivity index is 3.16. The van der Waals surface area contributed by atoms with Gasteiger partial charge in [0.05, 0.1) is 6.61 Å². The highest BCUT2D eigenvalue weighted by atomic mass is 16.5.